The fourth-order valence-corrected chi connectivity index (χ4v) is 2.51. The molecule has 2 heterocycles. The first-order chi connectivity index (χ1) is 11.9. The molecule has 2 aromatic heterocycles. The Balaban J connectivity index is 2.18. The zero-order valence-electron chi connectivity index (χ0n) is 13.4. The summed E-state index contributed by atoms with van der Waals surface area (Å²) in [7, 11) is 1.20. The first kappa shape index (κ1) is 16.3. The van der Waals surface area contributed by atoms with Gasteiger partial charge in [-0.2, -0.15) is 0 Å². The summed E-state index contributed by atoms with van der Waals surface area (Å²) >= 11 is 0. The van der Waals surface area contributed by atoms with E-state index in [-0.39, 0.29) is 17.1 Å². The molecule has 3 rings (SSSR count). The summed E-state index contributed by atoms with van der Waals surface area (Å²) < 4.78 is 4.60. The van der Waals surface area contributed by atoms with E-state index in [1.807, 2.05) is 0 Å². The van der Waals surface area contributed by atoms with Gasteiger partial charge in [-0.15, -0.1) is 0 Å². The molecule has 8 heteroatoms. The smallest absolute Gasteiger partial charge is 0.360 e. The molecule has 3 aromatic rings. The van der Waals surface area contributed by atoms with Crippen LogP contribution in [-0.2, 0) is 4.74 Å². The van der Waals surface area contributed by atoms with Crippen LogP contribution in [0.15, 0.2) is 36.4 Å². The Kier molecular flexibility index (Phi) is 4.02. The largest absolute Gasteiger partial charge is 0.505 e. The van der Waals surface area contributed by atoms with Crippen LogP contribution in [0.3, 0.4) is 0 Å². The Labute approximate surface area is 141 Å². The molecule has 1 aromatic carbocycles. The van der Waals surface area contributed by atoms with Gasteiger partial charge in [0, 0.05) is 23.1 Å². The molecule has 0 radical (unpaired) electrons. The van der Waals surface area contributed by atoms with E-state index in [1.54, 1.807) is 31.2 Å². The fourth-order valence-electron chi connectivity index (χ4n) is 2.51. The van der Waals surface area contributed by atoms with Gasteiger partial charge in [-0.3, -0.25) is 10.1 Å². The summed E-state index contributed by atoms with van der Waals surface area (Å²) in [4.78, 5) is 30.6. The lowest BCUT2D eigenvalue weighted by atomic mass is 10.1. The molecule has 0 bridgehead atoms. The van der Waals surface area contributed by atoms with Gasteiger partial charge in [0.1, 0.15) is 0 Å². The summed E-state index contributed by atoms with van der Waals surface area (Å²) in [5.41, 5.74) is 1.66. The van der Waals surface area contributed by atoms with Gasteiger partial charge in [0.15, 0.2) is 11.4 Å². The second kappa shape index (κ2) is 6.16. The third-order valence-electron chi connectivity index (χ3n) is 3.73. The quantitative estimate of drug-likeness (QED) is 0.443. The van der Waals surface area contributed by atoms with Crippen LogP contribution in [0.2, 0.25) is 0 Å². The molecule has 0 aliphatic heterocycles. The molecule has 8 nitrogen and oxygen atoms in total. The van der Waals surface area contributed by atoms with E-state index >= 15 is 0 Å². The number of hydrogen-bond acceptors (Lipinski definition) is 7. The topological polar surface area (TPSA) is 115 Å². The van der Waals surface area contributed by atoms with E-state index in [0.29, 0.717) is 27.9 Å². The second-order valence-corrected chi connectivity index (χ2v) is 5.29. The van der Waals surface area contributed by atoms with Crippen LogP contribution in [0.4, 0.5) is 5.69 Å². The average Bonchev–Trinajstić information content (AvgIpc) is 2.63. The number of benzene rings is 1. The second-order valence-electron chi connectivity index (χ2n) is 5.29. The number of esters is 1. The molecular weight excluding hydrogens is 326 g/mol. The number of ether oxygens (including phenoxy) is 1. The predicted molar refractivity (Wildman–Crippen MR) is 89.4 cm³/mol. The van der Waals surface area contributed by atoms with Crippen molar-refractivity contribution in [2.75, 3.05) is 7.11 Å². The van der Waals surface area contributed by atoms with Crippen LogP contribution in [-0.4, -0.2) is 33.1 Å². The highest BCUT2D eigenvalue weighted by molar-refractivity contribution is 5.99. The van der Waals surface area contributed by atoms with E-state index in [2.05, 4.69) is 14.7 Å². The zero-order valence-corrected chi connectivity index (χ0v) is 13.4. The molecule has 0 atom stereocenters. The number of pyridine rings is 2. The van der Waals surface area contributed by atoms with Gasteiger partial charge in [-0.1, -0.05) is 12.1 Å². The van der Waals surface area contributed by atoms with Crippen LogP contribution >= 0.6 is 0 Å². The lowest BCUT2D eigenvalue weighted by Gasteiger charge is -2.09. The fraction of sp³-hybridized carbons (Fsp3) is 0.118. The lowest BCUT2D eigenvalue weighted by Crippen LogP contribution is -2.07. The molecule has 1 N–H and O–H groups in total. The summed E-state index contributed by atoms with van der Waals surface area (Å²) in [5.74, 6) is -1.06. The van der Waals surface area contributed by atoms with Gasteiger partial charge in [0.25, 0.3) is 5.69 Å². The first-order valence-corrected chi connectivity index (χ1v) is 7.26. The standard InChI is InChI=1S/C17H13N3O5/c1-9-14-12(16(21)15(18-9)17(22)25-2)6-7-13(19-14)10-4-3-5-11(8-10)20(23)24/h3-8,21H,1-2H3. The molecule has 0 saturated carbocycles. The minimum atomic E-state index is -0.745. The van der Waals surface area contributed by atoms with Gasteiger partial charge < -0.3 is 9.84 Å². The number of aromatic hydroxyl groups is 1. The molecule has 0 spiro atoms. The summed E-state index contributed by atoms with van der Waals surface area (Å²) in [6.07, 6.45) is 0. The molecule has 0 amide bonds. The number of non-ortho nitro benzene ring substituents is 1. The predicted octanol–water partition coefficient (Wildman–Crippen LogP) is 3.01. The molecular formula is C17H13N3O5. The number of rotatable bonds is 3. The number of carbonyl (C=O) groups is 1. The maximum Gasteiger partial charge on any atom is 0.360 e. The van der Waals surface area contributed by atoms with Gasteiger partial charge >= 0.3 is 5.97 Å². The maximum absolute atomic E-state index is 11.7. The van der Waals surface area contributed by atoms with Crippen molar-refractivity contribution < 1.29 is 19.6 Å². The highest BCUT2D eigenvalue weighted by Crippen LogP contribution is 2.31. The van der Waals surface area contributed by atoms with Gasteiger partial charge in [-0.05, 0) is 19.1 Å². The SMILES string of the molecule is COC(=O)c1nc(C)c2nc(-c3cccc([N+](=O)[O-])c3)ccc2c1O. The van der Waals surface area contributed by atoms with E-state index in [9.17, 15) is 20.0 Å². The van der Waals surface area contributed by atoms with Crippen molar-refractivity contribution in [3.63, 3.8) is 0 Å². The number of aryl methyl sites for hydroxylation is 1. The van der Waals surface area contributed by atoms with E-state index in [1.165, 1.54) is 19.2 Å². The zero-order chi connectivity index (χ0) is 18.1. The number of fused-ring (bicyclic) bond motifs is 1. The monoisotopic (exact) mass is 339 g/mol. The number of carbonyl (C=O) groups excluding carboxylic acids is 1. The third-order valence-corrected chi connectivity index (χ3v) is 3.73. The van der Waals surface area contributed by atoms with Crippen LogP contribution in [0, 0.1) is 17.0 Å². The maximum atomic E-state index is 11.7. The van der Waals surface area contributed by atoms with Crippen LogP contribution < -0.4 is 0 Å². The van der Waals surface area contributed by atoms with Crippen molar-refractivity contribution in [3.8, 4) is 17.0 Å². The molecule has 0 fully saturated rings. The Bertz CT molecular complexity index is 1020. The minimum Gasteiger partial charge on any atom is -0.505 e. The van der Waals surface area contributed by atoms with Gasteiger partial charge in [0.2, 0.25) is 0 Å². The molecule has 0 unspecified atom stereocenters. The molecule has 25 heavy (non-hydrogen) atoms. The Morgan fingerprint density at radius 1 is 1.24 bits per heavy atom. The van der Waals surface area contributed by atoms with Crippen LogP contribution in [0.5, 0.6) is 5.75 Å². The van der Waals surface area contributed by atoms with E-state index < -0.39 is 10.9 Å². The van der Waals surface area contributed by atoms with Crippen molar-refractivity contribution in [3.05, 3.63) is 57.9 Å². The number of nitro benzene ring substituents is 1. The average molecular weight is 339 g/mol. The highest BCUT2D eigenvalue weighted by Gasteiger charge is 2.19. The van der Waals surface area contributed by atoms with Gasteiger partial charge in [-0.25, -0.2) is 14.8 Å². The Morgan fingerprint density at radius 2 is 2.00 bits per heavy atom. The summed E-state index contributed by atoms with van der Waals surface area (Å²) in [6, 6.07) is 9.29. The minimum absolute atomic E-state index is 0.0434. The number of nitro groups is 1. The summed E-state index contributed by atoms with van der Waals surface area (Å²) in [5, 5.41) is 21.5. The van der Waals surface area contributed by atoms with Crippen molar-refractivity contribution >= 4 is 22.6 Å². The molecule has 0 aliphatic rings. The number of hydrogen-bond donors (Lipinski definition) is 1. The van der Waals surface area contributed by atoms with Crippen LogP contribution in [0.1, 0.15) is 16.2 Å². The van der Waals surface area contributed by atoms with Gasteiger partial charge in [0.05, 0.1) is 28.9 Å². The van der Waals surface area contributed by atoms with E-state index in [0.717, 1.165) is 0 Å². The third kappa shape index (κ3) is 2.85. The molecule has 0 aliphatic carbocycles. The lowest BCUT2D eigenvalue weighted by molar-refractivity contribution is -0.384. The van der Waals surface area contributed by atoms with Crippen molar-refractivity contribution in [2.24, 2.45) is 0 Å². The van der Waals surface area contributed by atoms with E-state index in [4.69, 9.17) is 0 Å². The Hall–Kier alpha value is -3.55. The number of aromatic nitrogens is 2. The molecule has 0 saturated heterocycles. The van der Waals surface area contributed by atoms with Crippen molar-refractivity contribution in [2.45, 2.75) is 6.92 Å². The number of nitrogens with zero attached hydrogens (tertiary/aromatic N) is 3. The van der Waals surface area contributed by atoms with Crippen molar-refractivity contribution in [1.29, 1.82) is 0 Å². The van der Waals surface area contributed by atoms with Crippen molar-refractivity contribution in [1.82, 2.24) is 9.97 Å². The molecule has 126 valence electrons. The normalized spacial score (nSPS) is 10.6. The summed E-state index contributed by atoms with van der Waals surface area (Å²) in [6.45, 7) is 1.65. The van der Waals surface area contributed by atoms with Crippen LogP contribution in [0.25, 0.3) is 22.2 Å². The number of methoxy groups -OCH3 is 1. The first-order valence-electron chi connectivity index (χ1n) is 7.26. The Morgan fingerprint density at radius 3 is 2.68 bits per heavy atom. The highest BCUT2D eigenvalue weighted by atomic mass is 16.6.